The lowest BCUT2D eigenvalue weighted by Gasteiger charge is -2.13. The van der Waals surface area contributed by atoms with Gasteiger partial charge in [0.1, 0.15) is 5.54 Å². The maximum absolute atomic E-state index is 13.1. The van der Waals surface area contributed by atoms with Gasteiger partial charge in [-0.2, -0.15) is 0 Å². The average molecular weight is 229 g/mol. The first-order chi connectivity index (χ1) is 7.40. The summed E-state index contributed by atoms with van der Waals surface area (Å²) in [5.74, 6) is -2.75. The van der Waals surface area contributed by atoms with Gasteiger partial charge in [0, 0.05) is 6.42 Å². The van der Waals surface area contributed by atoms with Gasteiger partial charge in [-0.1, -0.05) is 6.07 Å². The zero-order chi connectivity index (χ0) is 12.0. The molecular weight excluding hydrogens is 216 g/mol. The van der Waals surface area contributed by atoms with Crippen molar-refractivity contribution in [2.45, 2.75) is 24.8 Å². The fraction of sp³-hybridized carbons (Fsp3) is 0.455. The summed E-state index contributed by atoms with van der Waals surface area (Å²) in [6, 6.07) is 4.10. The number of halogens is 2. The van der Waals surface area contributed by atoms with Crippen molar-refractivity contribution in [2.75, 3.05) is 6.61 Å². The lowest BCUT2D eigenvalue weighted by atomic mass is 10.0. The second-order valence-corrected chi connectivity index (χ2v) is 3.97. The third-order valence-corrected chi connectivity index (χ3v) is 2.80. The van der Waals surface area contributed by atoms with E-state index in [4.69, 9.17) is 10.5 Å². The Morgan fingerprint density at radius 1 is 1.50 bits per heavy atom. The monoisotopic (exact) mass is 229 g/mol. The SMILES string of the molecule is CCOc1cc(C2(N)CC2(F)F)ccc1O. The van der Waals surface area contributed by atoms with Gasteiger partial charge in [0.2, 0.25) is 0 Å². The Morgan fingerprint density at radius 3 is 2.62 bits per heavy atom. The minimum Gasteiger partial charge on any atom is -0.504 e. The third kappa shape index (κ3) is 1.51. The second kappa shape index (κ2) is 3.31. The molecule has 2 rings (SSSR count). The van der Waals surface area contributed by atoms with E-state index >= 15 is 0 Å². The quantitative estimate of drug-likeness (QED) is 0.833. The predicted octanol–water partition coefficient (Wildman–Crippen LogP) is 1.98. The van der Waals surface area contributed by atoms with E-state index in [-0.39, 0.29) is 17.9 Å². The van der Waals surface area contributed by atoms with E-state index in [1.807, 2.05) is 0 Å². The number of benzene rings is 1. The van der Waals surface area contributed by atoms with Gasteiger partial charge in [0.05, 0.1) is 6.61 Å². The molecule has 0 bridgehead atoms. The van der Waals surface area contributed by atoms with E-state index in [1.54, 1.807) is 6.92 Å². The fourth-order valence-corrected chi connectivity index (χ4v) is 1.68. The van der Waals surface area contributed by atoms with E-state index in [9.17, 15) is 13.9 Å². The van der Waals surface area contributed by atoms with Crippen molar-refractivity contribution in [3.05, 3.63) is 23.8 Å². The number of alkyl halides is 2. The minimum absolute atomic E-state index is 0.0711. The zero-order valence-electron chi connectivity index (χ0n) is 8.84. The van der Waals surface area contributed by atoms with Gasteiger partial charge in [0.25, 0.3) is 5.92 Å². The molecule has 1 atom stereocenters. The van der Waals surface area contributed by atoms with Gasteiger partial charge in [-0.3, -0.25) is 0 Å². The summed E-state index contributed by atoms with van der Waals surface area (Å²) in [6.07, 6.45) is -0.365. The normalized spacial score (nSPS) is 26.5. The summed E-state index contributed by atoms with van der Waals surface area (Å²) < 4.78 is 31.2. The van der Waals surface area contributed by atoms with Crippen molar-refractivity contribution in [3.63, 3.8) is 0 Å². The summed E-state index contributed by atoms with van der Waals surface area (Å²) in [6.45, 7) is 2.10. The number of hydrogen-bond acceptors (Lipinski definition) is 3. The molecule has 0 saturated heterocycles. The van der Waals surface area contributed by atoms with Crippen LogP contribution in [0.5, 0.6) is 11.5 Å². The number of nitrogens with two attached hydrogens (primary N) is 1. The number of hydrogen-bond donors (Lipinski definition) is 2. The van der Waals surface area contributed by atoms with Crippen LogP contribution in [0.15, 0.2) is 18.2 Å². The molecule has 16 heavy (non-hydrogen) atoms. The molecule has 1 aromatic rings. The minimum atomic E-state index is -2.87. The Morgan fingerprint density at radius 2 is 2.12 bits per heavy atom. The first kappa shape index (κ1) is 11.1. The number of phenolic OH excluding ortho intramolecular Hbond substituents is 1. The van der Waals surface area contributed by atoms with Crippen LogP contribution in [0.4, 0.5) is 8.78 Å². The molecule has 0 radical (unpaired) electrons. The van der Waals surface area contributed by atoms with E-state index in [0.717, 1.165) is 0 Å². The van der Waals surface area contributed by atoms with Gasteiger partial charge < -0.3 is 15.6 Å². The topological polar surface area (TPSA) is 55.5 Å². The molecule has 0 amide bonds. The van der Waals surface area contributed by atoms with E-state index in [1.165, 1.54) is 18.2 Å². The predicted molar refractivity (Wildman–Crippen MR) is 54.7 cm³/mol. The zero-order valence-corrected chi connectivity index (χ0v) is 8.84. The van der Waals surface area contributed by atoms with Gasteiger partial charge in [-0.05, 0) is 24.6 Å². The van der Waals surface area contributed by atoms with Crippen LogP contribution in [0.1, 0.15) is 18.9 Å². The molecule has 0 aromatic heterocycles. The van der Waals surface area contributed by atoms with Gasteiger partial charge >= 0.3 is 0 Å². The van der Waals surface area contributed by atoms with Crippen molar-refractivity contribution in [3.8, 4) is 11.5 Å². The molecule has 0 spiro atoms. The van der Waals surface area contributed by atoms with Crippen LogP contribution >= 0.6 is 0 Å². The molecule has 1 aliphatic carbocycles. The summed E-state index contributed by atoms with van der Waals surface area (Å²) in [4.78, 5) is 0. The highest BCUT2D eigenvalue weighted by molar-refractivity contribution is 5.47. The Hall–Kier alpha value is -1.36. The Kier molecular flexibility index (Phi) is 2.31. The van der Waals surface area contributed by atoms with E-state index in [2.05, 4.69) is 0 Å². The molecule has 1 fully saturated rings. The largest absolute Gasteiger partial charge is 0.504 e. The molecule has 5 heteroatoms. The highest BCUT2D eigenvalue weighted by Gasteiger charge is 2.70. The fourth-order valence-electron chi connectivity index (χ4n) is 1.68. The van der Waals surface area contributed by atoms with Crippen molar-refractivity contribution >= 4 is 0 Å². The molecule has 0 aliphatic heterocycles. The summed E-state index contributed by atoms with van der Waals surface area (Å²) in [5, 5.41) is 9.43. The van der Waals surface area contributed by atoms with Gasteiger partial charge in [0.15, 0.2) is 11.5 Å². The summed E-state index contributed by atoms with van der Waals surface area (Å²) in [5.41, 5.74) is 4.26. The number of aromatic hydroxyl groups is 1. The lowest BCUT2D eigenvalue weighted by Crippen LogP contribution is -2.27. The van der Waals surface area contributed by atoms with Crippen molar-refractivity contribution < 1.29 is 18.6 Å². The van der Waals surface area contributed by atoms with E-state index < -0.39 is 11.5 Å². The standard InChI is InChI=1S/C11H13F2NO2/c1-2-16-9-5-7(3-4-8(9)15)10(14)6-11(10,12)13/h3-5,15H,2,6,14H2,1H3. The smallest absolute Gasteiger partial charge is 0.272 e. The molecule has 3 nitrogen and oxygen atoms in total. The molecule has 88 valence electrons. The van der Waals surface area contributed by atoms with Gasteiger partial charge in [-0.25, -0.2) is 8.78 Å². The molecule has 0 heterocycles. The Bertz CT molecular complexity index is 422. The highest BCUT2D eigenvalue weighted by Crippen LogP contribution is 2.58. The van der Waals surface area contributed by atoms with Crippen molar-refractivity contribution in [2.24, 2.45) is 5.73 Å². The lowest BCUT2D eigenvalue weighted by molar-refractivity contribution is 0.0890. The maximum Gasteiger partial charge on any atom is 0.272 e. The summed E-state index contributed by atoms with van der Waals surface area (Å²) >= 11 is 0. The van der Waals surface area contributed by atoms with Crippen LogP contribution in [0.25, 0.3) is 0 Å². The van der Waals surface area contributed by atoms with E-state index in [0.29, 0.717) is 12.2 Å². The molecule has 1 aliphatic rings. The van der Waals surface area contributed by atoms with Crippen LogP contribution in [0.3, 0.4) is 0 Å². The maximum atomic E-state index is 13.1. The molecular formula is C11H13F2NO2. The molecule has 3 N–H and O–H groups in total. The van der Waals surface area contributed by atoms with Crippen LogP contribution in [0.2, 0.25) is 0 Å². The number of ether oxygens (including phenoxy) is 1. The summed E-state index contributed by atoms with van der Waals surface area (Å²) in [7, 11) is 0. The average Bonchev–Trinajstić information content (AvgIpc) is 2.71. The number of phenols is 1. The second-order valence-electron chi connectivity index (χ2n) is 3.97. The highest BCUT2D eigenvalue weighted by atomic mass is 19.3. The van der Waals surface area contributed by atoms with Gasteiger partial charge in [-0.15, -0.1) is 0 Å². The number of rotatable bonds is 3. The van der Waals surface area contributed by atoms with Crippen LogP contribution in [0, 0.1) is 0 Å². The van der Waals surface area contributed by atoms with Crippen molar-refractivity contribution in [1.29, 1.82) is 0 Å². The van der Waals surface area contributed by atoms with Crippen LogP contribution in [-0.2, 0) is 5.54 Å². The molecule has 1 unspecified atom stereocenters. The Balaban J connectivity index is 2.34. The first-order valence-electron chi connectivity index (χ1n) is 5.04. The van der Waals surface area contributed by atoms with Crippen LogP contribution < -0.4 is 10.5 Å². The third-order valence-electron chi connectivity index (χ3n) is 2.80. The first-order valence-corrected chi connectivity index (χ1v) is 5.04. The molecule has 1 aromatic carbocycles. The Labute approximate surface area is 91.8 Å². The van der Waals surface area contributed by atoms with Crippen LogP contribution in [-0.4, -0.2) is 17.6 Å². The van der Waals surface area contributed by atoms with Crippen molar-refractivity contribution in [1.82, 2.24) is 0 Å². The molecule has 1 saturated carbocycles.